The van der Waals surface area contributed by atoms with Gasteiger partial charge in [0.1, 0.15) is 5.75 Å². The van der Waals surface area contributed by atoms with E-state index in [0.29, 0.717) is 0 Å². The summed E-state index contributed by atoms with van der Waals surface area (Å²) in [6.07, 6.45) is 0. The highest BCUT2D eigenvalue weighted by molar-refractivity contribution is 14.1. The molecule has 0 bridgehead atoms. The zero-order valence-corrected chi connectivity index (χ0v) is 10.2. The highest BCUT2D eigenvalue weighted by Crippen LogP contribution is 2.09. The molecule has 0 unspecified atom stereocenters. The molecule has 0 aliphatic carbocycles. The van der Waals surface area contributed by atoms with Crippen LogP contribution in [0.3, 0.4) is 0 Å². The predicted octanol–water partition coefficient (Wildman–Crippen LogP) is 0.290. The van der Waals surface area contributed by atoms with Crippen molar-refractivity contribution in [2.24, 2.45) is 0 Å². The van der Waals surface area contributed by atoms with Gasteiger partial charge in [-0.25, -0.2) is 0 Å². The van der Waals surface area contributed by atoms with Gasteiger partial charge in [-0.1, -0.05) is 6.07 Å². The van der Waals surface area contributed by atoms with Crippen molar-refractivity contribution >= 4 is 38.0 Å². The van der Waals surface area contributed by atoms with E-state index in [2.05, 4.69) is 28.7 Å². The standard InChI is InChI=1S/C7H9IOSi/c1-9-6-4-2-3-5(8)7(6)10/h2-4H,1,10H3. The van der Waals surface area contributed by atoms with Crippen LogP contribution in [0.2, 0.25) is 0 Å². The van der Waals surface area contributed by atoms with E-state index >= 15 is 0 Å². The average molecular weight is 264 g/mol. The lowest BCUT2D eigenvalue weighted by Gasteiger charge is -2.04. The van der Waals surface area contributed by atoms with Crippen LogP contribution in [0.4, 0.5) is 0 Å². The Morgan fingerprint density at radius 2 is 2.20 bits per heavy atom. The first-order valence-corrected chi connectivity index (χ1v) is 5.12. The topological polar surface area (TPSA) is 9.23 Å². The molecule has 3 heteroatoms. The van der Waals surface area contributed by atoms with Gasteiger partial charge in [-0.15, -0.1) is 0 Å². The number of benzene rings is 1. The molecular formula is C7H9IOSi. The van der Waals surface area contributed by atoms with Crippen LogP contribution in [-0.2, 0) is 0 Å². The van der Waals surface area contributed by atoms with Crippen LogP contribution in [0.25, 0.3) is 0 Å². The van der Waals surface area contributed by atoms with E-state index in [9.17, 15) is 0 Å². The maximum Gasteiger partial charge on any atom is 0.118 e. The molecule has 0 radical (unpaired) electrons. The first-order valence-electron chi connectivity index (χ1n) is 3.05. The Bertz CT molecular complexity index is 237. The van der Waals surface area contributed by atoms with Crippen molar-refractivity contribution in [2.75, 3.05) is 7.11 Å². The van der Waals surface area contributed by atoms with Gasteiger partial charge in [0.25, 0.3) is 0 Å². The van der Waals surface area contributed by atoms with E-state index in [0.717, 1.165) is 16.0 Å². The highest BCUT2D eigenvalue weighted by atomic mass is 127. The molecule has 0 N–H and O–H groups in total. The van der Waals surface area contributed by atoms with Crippen LogP contribution in [0.1, 0.15) is 0 Å². The smallest absolute Gasteiger partial charge is 0.118 e. The molecule has 10 heavy (non-hydrogen) atoms. The van der Waals surface area contributed by atoms with E-state index < -0.39 is 0 Å². The van der Waals surface area contributed by atoms with Crippen LogP contribution in [0.15, 0.2) is 18.2 Å². The third kappa shape index (κ3) is 1.52. The summed E-state index contributed by atoms with van der Waals surface area (Å²) >= 11 is 2.33. The zero-order valence-electron chi connectivity index (χ0n) is 6.02. The van der Waals surface area contributed by atoms with Crippen molar-refractivity contribution < 1.29 is 4.74 Å². The van der Waals surface area contributed by atoms with E-state index in [4.69, 9.17) is 4.74 Å². The van der Waals surface area contributed by atoms with Gasteiger partial charge in [-0.2, -0.15) is 0 Å². The second kappa shape index (κ2) is 3.38. The minimum atomic E-state index is 1.03. The second-order valence-corrected chi connectivity index (χ2v) is 4.23. The van der Waals surface area contributed by atoms with Gasteiger partial charge in [0.2, 0.25) is 0 Å². The highest BCUT2D eigenvalue weighted by Gasteiger charge is 1.98. The maximum absolute atomic E-state index is 5.16. The molecule has 0 saturated carbocycles. The third-order valence-corrected chi connectivity index (χ3v) is 4.66. The lowest BCUT2D eigenvalue weighted by Crippen LogP contribution is -2.10. The van der Waals surface area contributed by atoms with Gasteiger partial charge >= 0.3 is 0 Å². The molecule has 0 amide bonds. The molecule has 1 aromatic rings. The Balaban J connectivity index is 3.14. The first kappa shape index (κ1) is 8.07. The quantitative estimate of drug-likeness (QED) is 0.523. The van der Waals surface area contributed by atoms with Crippen molar-refractivity contribution in [1.29, 1.82) is 0 Å². The van der Waals surface area contributed by atoms with Crippen molar-refractivity contribution in [1.82, 2.24) is 0 Å². The minimum Gasteiger partial charge on any atom is -0.497 e. The van der Waals surface area contributed by atoms with Gasteiger partial charge in [-0.05, 0) is 39.9 Å². The molecule has 0 fully saturated rings. The number of ether oxygens (including phenoxy) is 1. The maximum atomic E-state index is 5.16. The van der Waals surface area contributed by atoms with Gasteiger partial charge in [0.05, 0.1) is 7.11 Å². The molecule has 0 aliphatic rings. The molecule has 54 valence electrons. The molecule has 1 aromatic carbocycles. The van der Waals surface area contributed by atoms with Crippen LogP contribution >= 0.6 is 22.6 Å². The SMILES string of the molecule is COc1cccc(I)c1[SiH3]. The van der Waals surface area contributed by atoms with Gasteiger partial charge < -0.3 is 4.74 Å². The van der Waals surface area contributed by atoms with Crippen molar-refractivity contribution in [2.45, 2.75) is 0 Å². The molecule has 0 aliphatic heterocycles. The van der Waals surface area contributed by atoms with Crippen LogP contribution in [-0.4, -0.2) is 17.4 Å². The summed E-state index contributed by atoms with van der Waals surface area (Å²) in [5.74, 6) is 1.03. The second-order valence-electron chi connectivity index (χ2n) is 2.07. The fourth-order valence-electron chi connectivity index (χ4n) is 0.809. The van der Waals surface area contributed by atoms with E-state index in [1.165, 1.54) is 8.76 Å². The van der Waals surface area contributed by atoms with Gasteiger partial charge in [-0.3, -0.25) is 0 Å². The van der Waals surface area contributed by atoms with Crippen LogP contribution in [0.5, 0.6) is 5.75 Å². The Morgan fingerprint density at radius 1 is 1.50 bits per heavy atom. The van der Waals surface area contributed by atoms with E-state index in [1.54, 1.807) is 7.11 Å². The minimum absolute atomic E-state index is 1.03. The largest absolute Gasteiger partial charge is 0.497 e. The number of methoxy groups -OCH3 is 1. The van der Waals surface area contributed by atoms with Crippen LogP contribution < -0.4 is 9.92 Å². The third-order valence-electron chi connectivity index (χ3n) is 1.44. The first-order chi connectivity index (χ1) is 4.75. The monoisotopic (exact) mass is 264 g/mol. The Kier molecular flexibility index (Phi) is 2.73. The fourth-order valence-corrected chi connectivity index (χ4v) is 1.82. The summed E-state index contributed by atoms with van der Waals surface area (Å²) in [4.78, 5) is 0. The summed E-state index contributed by atoms with van der Waals surface area (Å²) in [5.41, 5.74) is 0. The predicted molar refractivity (Wildman–Crippen MR) is 55.3 cm³/mol. The zero-order chi connectivity index (χ0) is 7.56. The van der Waals surface area contributed by atoms with E-state index in [-0.39, 0.29) is 0 Å². The van der Waals surface area contributed by atoms with Crippen molar-refractivity contribution in [3.63, 3.8) is 0 Å². The van der Waals surface area contributed by atoms with Gasteiger partial charge in [0, 0.05) is 13.8 Å². The molecule has 0 aromatic heterocycles. The number of halogens is 1. The van der Waals surface area contributed by atoms with Gasteiger partial charge in [0.15, 0.2) is 0 Å². The lowest BCUT2D eigenvalue weighted by molar-refractivity contribution is 0.418. The summed E-state index contributed by atoms with van der Waals surface area (Å²) < 4.78 is 6.46. The number of hydrogen-bond donors (Lipinski definition) is 0. The number of rotatable bonds is 1. The molecule has 0 spiro atoms. The molecule has 1 nitrogen and oxygen atoms in total. The molecule has 0 atom stereocenters. The molecule has 0 saturated heterocycles. The van der Waals surface area contributed by atoms with Crippen molar-refractivity contribution in [3.8, 4) is 5.75 Å². The Morgan fingerprint density at radius 3 is 2.70 bits per heavy atom. The summed E-state index contributed by atoms with van der Waals surface area (Å²) in [6, 6.07) is 6.12. The lowest BCUT2D eigenvalue weighted by atomic mass is 10.3. The molecule has 1 rings (SSSR count). The van der Waals surface area contributed by atoms with E-state index in [1.807, 2.05) is 12.1 Å². The Labute approximate surface area is 77.3 Å². The van der Waals surface area contributed by atoms with Crippen LogP contribution in [0, 0.1) is 3.57 Å². The normalized spacial score (nSPS) is 9.80. The molecular weight excluding hydrogens is 255 g/mol. The molecule has 0 heterocycles. The number of hydrogen-bond acceptors (Lipinski definition) is 1. The summed E-state index contributed by atoms with van der Waals surface area (Å²) in [5, 5.41) is 1.35. The fraction of sp³-hybridized carbons (Fsp3) is 0.143. The average Bonchev–Trinajstić information content (AvgIpc) is 1.95. The summed E-state index contributed by atoms with van der Waals surface area (Å²) in [6.45, 7) is 0. The van der Waals surface area contributed by atoms with Crippen molar-refractivity contribution in [3.05, 3.63) is 21.8 Å². The Hall–Kier alpha value is -0.0331. The summed E-state index contributed by atoms with van der Waals surface area (Å²) in [7, 11) is 2.77.